The number of alkyl halides is 4. The predicted molar refractivity (Wildman–Crippen MR) is 112 cm³/mol. The molecule has 0 radical (unpaired) electrons. The molecule has 1 N–H and O–H groups in total. The van der Waals surface area contributed by atoms with Gasteiger partial charge >= 0.3 is 0 Å². The highest BCUT2D eigenvalue weighted by Crippen LogP contribution is 2.38. The number of halogens is 4. The minimum atomic E-state index is -2.91. The Morgan fingerprint density at radius 3 is 2.21 bits per heavy atom. The molecular weight excluding hydrogens is 444 g/mol. The molecular formula is C22H28F4N4O3. The standard InChI is InChI=1S/C22H28F4N4O3/c1-3-20(4-2,19(32)30-12-22(25,26)13-30)28-17(31)15-7-8-16(29-10-21(23,24)11-29)18(27-15)33-9-14-5-6-14/h7-8,14H,3-6,9-13H2,1-2H3,(H,28,31). The fraction of sp³-hybridized carbons (Fsp3) is 0.682. The molecule has 3 heterocycles. The van der Waals surface area contributed by atoms with E-state index in [1.165, 1.54) is 17.0 Å². The van der Waals surface area contributed by atoms with Gasteiger partial charge in [0.25, 0.3) is 17.8 Å². The van der Waals surface area contributed by atoms with Gasteiger partial charge in [-0.3, -0.25) is 9.59 Å². The summed E-state index contributed by atoms with van der Waals surface area (Å²) < 4.78 is 59.1. The summed E-state index contributed by atoms with van der Waals surface area (Å²) in [6, 6.07) is 2.90. The van der Waals surface area contributed by atoms with E-state index in [0.717, 1.165) is 17.7 Å². The normalized spacial score (nSPS) is 21.2. The van der Waals surface area contributed by atoms with Crippen LogP contribution in [0.5, 0.6) is 5.88 Å². The Morgan fingerprint density at radius 2 is 1.70 bits per heavy atom. The molecule has 0 atom stereocenters. The summed E-state index contributed by atoms with van der Waals surface area (Å²) in [6.45, 7) is 1.53. The maximum atomic E-state index is 13.4. The zero-order valence-corrected chi connectivity index (χ0v) is 18.7. The van der Waals surface area contributed by atoms with Crippen molar-refractivity contribution in [1.29, 1.82) is 0 Å². The zero-order chi connectivity index (χ0) is 24.0. The van der Waals surface area contributed by atoms with Crippen LogP contribution in [-0.4, -0.2) is 71.9 Å². The first-order valence-corrected chi connectivity index (χ1v) is 11.2. The number of ether oxygens (including phenoxy) is 1. The number of pyridine rings is 1. The number of nitrogens with zero attached hydrogens (tertiary/aromatic N) is 3. The van der Waals surface area contributed by atoms with Crippen molar-refractivity contribution in [3.63, 3.8) is 0 Å². The Bertz CT molecular complexity index is 918. The molecule has 7 nitrogen and oxygen atoms in total. The molecule has 0 aromatic carbocycles. The van der Waals surface area contributed by atoms with Crippen LogP contribution in [0.2, 0.25) is 0 Å². The Kier molecular flexibility index (Phi) is 5.94. The molecule has 4 rings (SSSR count). The van der Waals surface area contributed by atoms with Crippen molar-refractivity contribution >= 4 is 17.5 Å². The molecule has 1 saturated carbocycles. The van der Waals surface area contributed by atoms with Gasteiger partial charge in [0.1, 0.15) is 16.9 Å². The van der Waals surface area contributed by atoms with Crippen LogP contribution in [0.15, 0.2) is 12.1 Å². The van der Waals surface area contributed by atoms with Crippen molar-refractivity contribution in [3.05, 3.63) is 17.8 Å². The second-order valence-electron chi connectivity index (χ2n) is 9.25. The van der Waals surface area contributed by atoms with Crippen LogP contribution >= 0.6 is 0 Å². The average Bonchev–Trinajstić information content (AvgIpc) is 3.56. The molecule has 33 heavy (non-hydrogen) atoms. The molecule has 0 unspecified atom stereocenters. The number of carbonyl (C=O) groups is 2. The average molecular weight is 472 g/mol. The highest BCUT2D eigenvalue weighted by atomic mass is 19.3. The monoisotopic (exact) mass is 472 g/mol. The van der Waals surface area contributed by atoms with Gasteiger partial charge in [-0.1, -0.05) is 13.8 Å². The number of rotatable bonds is 9. The van der Waals surface area contributed by atoms with E-state index in [4.69, 9.17) is 4.74 Å². The molecule has 1 aromatic heterocycles. The summed E-state index contributed by atoms with van der Waals surface area (Å²) in [5.74, 6) is -6.43. The number of hydrogen-bond donors (Lipinski definition) is 1. The molecule has 0 spiro atoms. The largest absolute Gasteiger partial charge is 0.476 e. The summed E-state index contributed by atoms with van der Waals surface area (Å²) in [4.78, 5) is 32.7. The van der Waals surface area contributed by atoms with E-state index >= 15 is 0 Å². The van der Waals surface area contributed by atoms with Crippen LogP contribution in [0, 0.1) is 5.92 Å². The van der Waals surface area contributed by atoms with Gasteiger partial charge in [0.2, 0.25) is 11.8 Å². The Balaban J connectivity index is 1.52. The van der Waals surface area contributed by atoms with Gasteiger partial charge in [-0.15, -0.1) is 0 Å². The first-order chi connectivity index (χ1) is 15.5. The molecule has 3 fully saturated rings. The van der Waals surface area contributed by atoms with Gasteiger partial charge < -0.3 is 19.9 Å². The van der Waals surface area contributed by atoms with Crippen molar-refractivity contribution in [3.8, 4) is 5.88 Å². The van der Waals surface area contributed by atoms with Crippen LogP contribution in [0.1, 0.15) is 50.0 Å². The van der Waals surface area contributed by atoms with Gasteiger partial charge in [0.05, 0.1) is 32.8 Å². The van der Waals surface area contributed by atoms with E-state index in [0.29, 0.717) is 18.2 Å². The van der Waals surface area contributed by atoms with Gasteiger partial charge in [-0.2, -0.15) is 0 Å². The first kappa shape index (κ1) is 23.6. The summed E-state index contributed by atoms with van der Waals surface area (Å²) in [6.07, 6.45) is 2.46. The van der Waals surface area contributed by atoms with Crippen LogP contribution in [-0.2, 0) is 4.79 Å². The lowest BCUT2D eigenvalue weighted by Crippen LogP contribution is -2.67. The number of hydrogen-bond acceptors (Lipinski definition) is 5. The second-order valence-corrected chi connectivity index (χ2v) is 9.25. The van der Waals surface area contributed by atoms with E-state index < -0.39 is 55.4 Å². The van der Waals surface area contributed by atoms with Gasteiger partial charge in [0.15, 0.2) is 0 Å². The summed E-state index contributed by atoms with van der Waals surface area (Å²) in [5.41, 5.74) is -0.998. The summed E-state index contributed by atoms with van der Waals surface area (Å²) in [5, 5.41) is 2.69. The maximum absolute atomic E-state index is 13.4. The second kappa shape index (κ2) is 8.32. The van der Waals surface area contributed by atoms with E-state index in [1.54, 1.807) is 13.8 Å². The maximum Gasteiger partial charge on any atom is 0.282 e. The predicted octanol–water partition coefficient (Wildman–Crippen LogP) is 3.09. The van der Waals surface area contributed by atoms with Crippen LogP contribution in [0.4, 0.5) is 23.2 Å². The van der Waals surface area contributed by atoms with E-state index in [2.05, 4.69) is 10.3 Å². The Hall–Kier alpha value is -2.59. The topological polar surface area (TPSA) is 74.8 Å². The van der Waals surface area contributed by atoms with Crippen molar-refractivity contribution in [2.75, 3.05) is 37.7 Å². The van der Waals surface area contributed by atoms with Crippen molar-refractivity contribution in [1.82, 2.24) is 15.2 Å². The fourth-order valence-electron chi connectivity index (χ4n) is 4.09. The quantitative estimate of drug-likeness (QED) is 0.559. The van der Waals surface area contributed by atoms with E-state index in [9.17, 15) is 27.2 Å². The molecule has 2 amide bonds. The third-order valence-electron chi connectivity index (χ3n) is 6.51. The lowest BCUT2D eigenvalue weighted by Gasteiger charge is -2.44. The van der Waals surface area contributed by atoms with Crippen LogP contribution in [0.25, 0.3) is 0 Å². The molecule has 2 saturated heterocycles. The SMILES string of the molecule is CCC(CC)(NC(=O)c1ccc(N2CC(F)(F)C2)c(OCC2CC2)n1)C(=O)N1CC(F)(F)C1. The summed E-state index contributed by atoms with van der Waals surface area (Å²) >= 11 is 0. The highest BCUT2D eigenvalue weighted by Gasteiger charge is 2.51. The van der Waals surface area contributed by atoms with Gasteiger partial charge in [-0.05, 0) is 43.7 Å². The smallest absolute Gasteiger partial charge is 0.282 e. The molecule has 0 bridgehead atoms. The fourth-order valence-corrected chi connectivity index (χ4v) is 4.09. The van der Waals surface area contributed by atoms with Gasteiger partial charge in [0, 0.05) is 0 Å². The third-order valence-corrected chi connectivity index (χ3v) is 6.51. The zero-order valence-electron chi connectivity index (χ0n) is 18.7. The number of amides is 2. The lowest BCUT2D eigenvalue weighted by atomic mass is 9.89. The Morgan fingerprint density at radius 1 is 1.09 bits per heavy atom. The molecule has 182 valence electrons. The third kappa shape index (κ3) is 4.86. The van der Waals surface area contributed by atoms with E-state index in [-0.39, 0.29) is 24.4 Å². The Labute approximate surface area is 189 Å². The highest BCUT2D eigenvalue weighted by molar-refractivity contribution is 5.98. The number of likely N-dealkylation sites (tertiary alicyclic amines) is 1. The molecule has 11 heteroatoms. The van der Waals surface area contributed by atoms with Crippen LogP contribution in [0.3, 0.4) is 0 Å². The van der Waals surface area contributed by atoms with Crippen molar-refractivity contribution in [2.24, 2.45) is 5.92 Å². The first-order valence-electron chi connectivity index (χ1n) is 11.2. The lowest BCUT2D eigenvalue weighted by molar-refractivity contribution is -0.172. The number of aromatic nitrogens is 1. The minimum absolute atomic E-state index is 0.0372. The molecule has 3 aliphatic rings. The molecule has 1 aromatic rings. The summed E-state index contributed by atoms with van der Waals surface area (Å²) in [7, 11) is 0. The van der Waals surface area contributed by atoms with Crippen molar-refractivity contribution in [2.45, 2.75) is 56.9 Å². The van der Waals surface area contributed by atoms with Crippen LogP contribution < -0.4 is 15.0 Å². The number of nitrogens with one attached hydrogen (secondary N) is 1. The minimum Gasteiger partial charge on any atom is -0.476 e. The van der Waals surface area contributed by atoms with Crippen molar-refractivity contribution < 1.29 is 31.9 Å². The number of carbonyl (C=O) groups excluding carboxylic acids is 2. The molecule has 2 aliphatic heterocycles. The van der Waals surface area contributed by atoms with Gasteiger partial charge in [-0.25, -0.2) is 22.5 Å². The molecule has 1 aliphatic carbocycles. The van der Waals surface area contributed by atoms with E-state index in [1.807, 2.05) is 0 Å². The number of anilines is 1.